The molecule has 0 aliphatic carbocycles. The minimum Gasteiger partial charge on any atom is -0.381 e. The summed E-state index contributed by atoms with van der Waals surface area (Å²) in [6.07, 6.45) is 8.32. The lowest BCUT2D eigenvalue weighted by Crippen LogP contribution is -1.92. The number of rotatable bonds is 6. The van der Waals surface area contributed by atoms with E-state index in [1.165, 1.54) is 38.5 Å². The number of unbranched alkanes of at least 4 members (excludes halogenated alkanes) is 6. The third kappa shape index (κ3) is 11.5. The second-order valence-electron chi connectivity index (χ2n) is 3.51. The first-order chi connectivity index (χ1) is 6.27. The van der Waals surface area contributed by atoms with E-state index in [4.69, 9.17) is 5.11 Å². The molecule has 0 aliphatic heterocycles. The predicted molar refractivity (Wildman–Crippen MR) is 57.4 cm³/mol. The van der Waals surface area contributed by atoms with E-state index in [9.17, 15) is 0 Å². The highest BCUT2D eigenvalue weighted by Crippen LogP contribution is 2.05. The minimum atomic E-state index is -0.458. The molecule has 1 N–H and O–H groups in total. The standard InChI is InChI=1S/C12H22O/c1-3-4-5-6-7-8-9-10-11-12(2)13/h12-13H,3-9H2,1-2H3. The van der Waals surface area contributed by atoms with Crippen LogP contribution in [0.5, 0.6) is 0 Å². The van der Waals surface area contributed by atoms with Gasteiger partial charge in [-0.2, -0.15) is 0 Å². The Morgan fingerprint density at radius 3 is 2.31 bits per heavy atom. The van der Waals surface area contributed by atoms with Gasteiger partial charge >= 0.3 is 0 Å². The van der Waals surface area contributed by atoms with Crippen LogP contribution in [-0.2, 0) is 0 Å². The molecule has 0 saturated heterocycles. The van der Waals surface area contributed by atoms with Gasteiger partial charge in [-0.1, -0.05) is 44.9 Å². The lowest BCUT2D eigenvalue weighted by Gasteiger charge is -1.96. The third-order valence-corrected chi connectivity index (χ3v) is 1.97. The molecule has 0 aromatic rings. The van der Waals surface area contributed by atoms with Gasteiger partial charge in [0, 0.05) is 6.42 Å². The maximum atomic E-state index is 8.85. The summed E-state index contributed by atoms with van der Waals surface area (Å²) in [5.41, 5.74) is 0. The molecule has 0 saturated carbocycles. The highest BCUT2D eigenvalue weighted by Gasteiger charge is 1.88. The van der Waals surface area contributed by atoms with Gasteiger partial charge in [0.05, 0.1) is 0 Å². The Morgan fingerprint density at radius 1 is 1.08 bits per heavy atom. The van der Waals surface area contributed by atoms with Gasteiger partial charge in [-0.25, -0.2) is 0 Å². The summed E-state index contributed by atoms with van der Waals surface area (Å²) in [6.45, 7) is 3.93. The van der Waals surface area contributed by atoms with Crippen molar-refractivity contribution in [2.75, 3.05) is 0 Å². The number of hydrogen-bond donors (Lipinski definition) is 1. The average Bonchev–Trinajstić information content (AvgIpc) is 2.09. The van der Waals surface area contributed by atoms with Gasteiger partial charge in [0.2, 0.25) is 0 Å². The fourth-order valence-electron chi connectivity index (χ4n) is 1.21. The molecular formula is C12H22O. The molecule has 0 fully saturated rings. The molecule has 0 bridgehead atoms. The van der Waals surface area contributed by atoms with E-state index in [1.807, 2.05) is 0 Å². The second kappa shape index (κ2) is 9.61. The molecule has 0 radical (unpaired) electrons. The topological polar surface area (TPSA) is 20.2 Å². The van der Waals surface area contributed by atoms with Crippen molar-refractivity contribution in [1.29, 1.82) is 0 Å². The van der Waals surface area contributed by atoms with Crippen LogP contribution >= 0.6 is 0 Å². The smallest absolute Gasteiger partial charge is 0.111 e. The van der Waals surface area contributed by atoms with Crippen LogP contribution in [0.3, 0.4) is 0 Å². The van der Waals surface area contributed by atoms with Crippen molar-refractivity contribution in [3.8, 4) is 11.8 Å². The zero-order chi connectivity index (χ0) is 9.94. The fourth-order valence-corrected chi connectivity index (χ4v) is 1.21. The van der Waals surface area contributed by atoms with Crippen molar-refractivity contribution in [2.45, 2.75) is 64.9 Å². The third-order valence-electron chi connectivity index (χ3n) is 1.97. The maximum Gasteiger partial charge on any atom is 0.111 e. The van der Waals surface area contributed by atoms with Crippen molar-refractivity contribution in [2.24, 2.45) is 0 Å². The molecule has 0 spiro atoms. The molecule has 0 aromatic heterocycles. The molecule has 0 heterocycles. The quantitative estimate of drug-likeness (QED) is 0.494. The average molecular weight is 182 g/mol. The van der Waals surface area contributed by atoms with Gasteiger partial charge in [0.15, 0.2) is 0 Å². The van der Waals surface area contributed by atoms with Gasteiger partial charge in [-0.3, -0.25) is 0 Å². The van der Waals surface area contributed by atoms with Crippen LogP contribution in [0.4, 0.5) is 0 Å². The summed E-state index contributed by atoms with van der Waals surface area (Å²) < 4.78 is 0. The molecule has 13 heavy (non-hydrogen) atoms. The molecule has 0 aromatic carbocycles. The first-order valence-corrected chi connectivity index (χ1v) is 5.43. The summed E-state index contributed by atoms with van der Waals surface area (Å²) >= 11 is 0. The van der Waals surface area contributed by atoms with E-state index >= 15 is 0 Å². The highest BCUT2D eigenvalue weighted by atomic mass is 16.3. The van der Waals surface area contributed by atoms with Crippen LogP contribution in [0.15, 0.2) is 0 Å². The zero-order valence-electron chi connectivity index (χ0n) is 8.97. The zero-order valence-corrected chi connectivity index (χ0v) is 8.97. The summed E-state index contributed by atoms with van der Waals surface area (Å²) in [5, 5.41) is 8.85. The maximum absolute atomic E-state index is 8.85. The Kier molecular flexibility index (Phi) is 9.25. The first-order valence-electron chi connectivity index (χ1n) is 5.43. The van der Waals surface area contributed by atoms with Gasteiger partial charge in [0.1, 0.15) is 6.10 Å². The van der Waals surface area contributed by atoms with Crippen LogP contribution in [-0.4, -0.2) is 11.2 Å². The van der Waals surface area contributed by atoms with Crippen molar-refractivity contribution < 1.29 is 5.11 Å². The number of hydrogen-bond acceptors (Lipinski definition) is 1. The minimum absolute atomic E-state index is 0.458. The lowest BCUT2D eigenvalue weighted by atomic mass is 10.1. The molecule has 1 heteroatoms. The Labute approximate surface area is 82.5 Å². The number of aliphatic hydroxyl groups excluding tert-OH is 1. The SMILES string of the molecule is CCCCCCCCC#CC(C)O. The van der Waals surface area contributed by atoms with Gasteiger partial charge in [0.25, 0.3) is 0 Å². The van der Waals surface area contributed by atoms with E-state index < -0.39 is 6.10 Å². The van der Waals surface area contributed by atoms with Gasteiger partial charge < -0.3 is 5.11 Å². The van der Waals surface area contributed by atoms with Crippen LogP contribution in [0.25, 0.3) is 0 Å². The Balaban J connectivity index is 3.05. The fraction of sp³-hybridized carbons (Fsp3) is 0.833. The molecule has 1 unspecified atom stereocenters. The van der Waals surface area contributed by atoms with Crippen molar-refractivity contribution in [1.82, 2.24) is 0 Å². The van der Waals surface area contributed by atoms with Crippen LogP contribution in [0.1, 0.15) is 58.8 Å². The monoisotopic (exact) mass is 182 g/mol. The van der Waals surface area contributed by atoms with E-state index in [2.05, 4.69) is 18.8 Å². The second-order valence-corrected chi connectivity index (χ2v) is 3.51. The van der Waals surface area contributed by atoms with Gasteiger partial charge in [-0.15, -0.1) is 5.92 Å². The highest BCUT2D eigenvalue weighted by molar-refractivity contribution is 5.02. The molecular weight excluding hydrogens is 160 g/mol. The van der Waals surface area contributed by atoms with E-state index in [1.54, 1.807) is 6.92 Å². The molecule has 0 amide bonds. The van der Waals surface area contributed by atoms with E-state index in [-0.39, 0.29) is 0 Å². The molecule has 76 valence electrons. The molecule has 1 nitrogen and oxygen atoms in total. The first kappa shape index (κ1) is 12.5. The Bertz CT molecular complexity index is 150. The van der Waals surface area contributed by atoms with Crippen molar-refractivity contribution in [3.05, 3.63) is 0 Å². The van der Waals surface area contributed by atoms with Crippen LogP contribution < -0.4 is 0 Å². The molecule has 1 atom stereocenters. The van der Waals surface area contributed by atoms with Crippen LogP contribution in [0.2, 0.25) is 0 Å². The predicted octanol–water partition coefficient (Wildman–Crippen LogP) is 3.12. The normalized spacial score (nSPS) is 11.9. The summed E-state index contributed by atoms with van der Waals surface area (Å²) in [6, 6.07) is 0. The molecule has 0 aliphatic rings. The summed E-state index contributed by atoms with van der Waals surface area (Å²) in [4.78, 5) is 0. The largest absolute Gasteiger partial charge is 0.381 e. The van der Waals surface area contributed by atoms with Crippen molar-refractivity contribution >= 4 is 0 Å². The van der Waals surface area contributed by atoms with Crippen molar-refractivity contribution in [3.63, 3.8) is 0 Å². The Morgan fingerprint density at radius 2 is 1.69 bits per heavy atom. The van der Waals surface area contributed by atoms with Crippen LogP contribution in [0, 0.1) is 11.8 Å². The van der Waals surface area contributed by atoms with E-state index in [0.29, 0.717) is 0 Å². The summed E-state index contributed by atoms with van der Waals surface area (Å²) in [5.74, 6) is 5.73. The molecule has 0 rings (SSSR count). The summed E-state index contributed by atoms with van der Waals surface area (Å²) in [7, 11) is 0. The van der Waals surface area contributed by atoms with E-state index in [0.717, 1.165) is 6.42 Å². The lowest BCUT2D eigenvalue weighted by molar-refractivity contribution is 0.253. The number of aliphatic hydroxyl groups is 1. The Hall–Kier alpha value is -0.480. The van der Waals surface area contributed by atoms with Gasteiger partial charge in [-0.05, 0) is 13.3 Å².